The molecule has 0 aliphatic carbocycles. The summed E-state index contributed by atoms with van der Waals surface area (Å²) in [4.78, 5) is 14.6. The van der Waals surface area contributed by atoms with Crippen LogP contribution in [0.5, 0.6) is 0 Å². The number of aryl methyl sites for hydroxylation is 1. The molecule has 0 unspecified atom stereocenters. The van der Waals surface area contributed by atoms with Gasteiger partial charge in [-0.15, -0.1) is 0 Å². The second-order valence-corrected chi connectivity index (χ2v) is 5.90. The molecule has 3 nitrogen and oxygen atoms in total. The molecule has 2 rings (SSSR count). The molecular weight excluding hydrogens is 267 g/mol. The van der Waals surface area contributed by atoms with E-state index in [1.54, 1.807) is 6.07 Å². The first-order valence-electron chi connectivity index (χ1n) is 7.88. The van der Waals surface area contributed by atoms with Gasteiger partial charge in [-0.1, -0.05) is 13.0 Å². The van der Waals surface area contributed by atoms with Gasteiger partial charge in [-0.25, -0.2) is 4.39 Å². The lowest BCUT2D eigenvalue weighted by molar-refractivity contribution is 0.0715. The van der Waals surface area contributed by atoms with E-state index < -0.39 is 0 Å². The summed E-state index contributed by atoms with van der Waals surface area (Å²) in [6.45, 7) is 7.50. The highest BCUT2D eigenvalue weighted by atomic mass is 19.1. The van der Waals surface area contributed by atoms with Gasteiger partial charge in [0.05, 0.1) is 0 Å². The van der Waals surface area contributed by atoms with E-state index >= 15 is 0 Å². The first kappa shape index (κ1) is 16.0. The molecule has 1 amide bonds. The largest absolute Gasteiger partial charge is 0.338 e. The molecule has 116 valence electrons. The number of nitrogens with zero attached hydrogens (tertiary/aromatic N) is 1. The molecule has 1 aliphatic heterocycles. The summed E-state index contributed by atoms with van der Waals surface area (Å²) in [6, 6.07) is 4.45. The minimum Gasteiger partial charge on any atom is -0.338 e. The average Bonchev–Trinajstić information content (AvgIpc) is 2.49. The topological polar surface area (TPSA) is 32.3 Å². The Morgan fingerprint density at radius 3 is 2.76 bits per heavy atom. The molecule has 0 atom stereocenters. The molecule has 1 aromatic carbocycles. The summed E-state index contributed by atoms with van der Waals surface area (Å²) in [5, 5.41) is 3.34. The van der Waals surface area contributed by atoms with Gasteiger partial charge in [-0.3, -0.25) is 4.79 Å². The molecule has 1 saturated heterocycles. The van der Waals surface area contributed by atoms with Gasteiger partial charge in [0.2, 0.25) is 0 Å². The predicted octanol–water partition coefficient (Wildman–Crippen LogP) is 2.99. The van der Waals surface area contributed by atoms with Crippen molar-refractivity contribution in [2.75, 3.05) is 26.2 Å². The molecule has 4 heteroatoms. The van der Waals surface area contributed by atoms with Crippen molar-refractivity contribution in [3.63, 3.8) is 0 Å². The van der Waals surface area contributed by atoms with Gasteiger partial charge in [-0.2, -0.15) is 0 Å². The molecule has 21 heavy (non-hydrogen) atoms. The fourth-order valence-electron chi connectivity index (χ4n) is 2.92. The molecule has 1 aromatic rings. The standard InChI is InChI=1S/C17H25FN2O/c1-3-10-20(12-14-6-8-19-9-7-14)17(21)16-11-15(18)5-4-13(16)2/h4-5,11,14,19H,3,6-10,12H2,1-2H3. The lowest BCUT2D eigenvalue weighted by Crippen LogP contribution is -2.40. The fourth-order valence-corrected chi connectivity index (χ4v) is 2.92. The first-order chi connectivity index (χ1) is 10.1. The van der Waals surface area contributed by atoms with Gasteiger partial charge in [0.15, 0.2) is 0 Å². The minimum absolute atomic E-state index is 0.0348. The third-order valence-corrected chi connectivity index (χ3v) is 4.15. The molecule has 0 radical (unpaired) electrons. The van der Waals surface area contributed by atoms with Crippen LogP contribution in [-0.2, 0) is 0 Å². The van der Waals surface area contributed by atoms with E-state index in [-0.39, 0.29) is 11.7 Å². The van der Waals surface area contributed by atoms with Gasteiger partial charge in [0.25, 0.3) is 5.91 Å². The SMILES string of the molecule is CCCN(CC1CCNCC1)C(=O)c1cc(F)ccc1C. The van der Waals surface area contributed by atoms with E-state index in [0.717, 1.165) is 51.0 Å². The number of hydrogen-bond acceptors (Lipinski definition) is 2. The van der Waals surface area contributed by atoms with Crippen molar-refractivity contribution in [2.45, 2.75) is 33.1 Å². The van der Waals surface area contributed by atoms with Gasteiger partial charge < -0.3 is 10.2 Å². The number of benzene rings is 1. The Morgan fingerprint density at radius 1 is 1.38 bits per heavy atom. The van der Waals surface area contributed by atoms with Gasteiger partial charge in [-0.05, 0) is 62.9 Å². The Bertz CT molecular complexity index is 484. The van der Waals surface area contributed by atoms with Crippen LogP contribution < -0.4 is 5.32 Å². The summed E-state index contributed by atoms with van der Waals surface area (Å²) < 4.78 is 13.4. The molecule has 0 spiro atoms. The zero-order valence-electron chi connectivity index (χ0n) is 13.0. The van der Waals surface area contributed by atoms with Crippen molar-refractivity contribution in [3.8, 4) is 0 Å². The highest BCUT2D eigenvalue weighted by Crippen LogP contribution is 2.18. The number of halogens is 1. The number of amides is 1. The predicted molar refractivity (Wildman–Crippen MR) is 82.9 cm³/mol. The number of hydrogen-bond donors (Lipinski definition) is 1. The van der Waals surface area contributed by atoms with Crippen molar-refractivity contribution in [2.24, 2.45) is 5.92 Å². The minimum atomic E-state index is -0.345. The number of nitrogens with one attached hydrogen (secondary N) is 1. The summed E-state index contributed by atoms with van der Waals surface area (Å²) >= 11 is 0. The Morgan fingerprint density at radius 2 is 2.10 bits per heavy atom. The lowest BCUT2D eigenvalue weighted by Gasteiger charge is -2.30. The molecule has 0 saturated carbocycles. The fraction of sp³-hybridized carbons (Fsp3) is 0.588. The Balaban J connectivity index is 2.12. The van der Waals surface area contributed by atoms with Crippen LogP contribution >= 0.6 is 0 Å². The quantitative estimate of drug-likeness (QED) is 0.905. The van der Waals surface area contributed by atoms with Crippen molar-refractivity contribution < 1.29 is 9.18 Å². The monoisotopic (exact) mass is 292 g/mol. The molecule has 1 N–H and O–H groups in total. The first-order valence-corrected chi connectivity index (χ1v) is 7.88. The Hall–Kier alpha value is -1.42. The summed E-state index contributed by atoms with van der Waals surface area (Å²) in [7, 11) is 0. The van der Waals surface area contributed by atoms with Gasteiger partial charge in [0.1, 0.15) is 5.82 Å². The van der Waals surface area contributed by atoms with Gasteiger partial charge >= 0.3 is 0 Å². The van der Waals surface area contributed by atoms with Crippen LogP contribution in [0.1, 0.15) is 42.1 Å². The summed E-state index contributed by atoms with van der Waals surface area (Å²) in [6.07, 6.45) is 3.14. The van der Waals surface area contributed by atoms with Gasteiger partial charge in [0, 0.05) is 18.7 Å². The second kappa shape index (κ2) is 7.55. The molecular formula is C17H25FN2O. The van der Waals surface area contributed by atoms with E-state index in [9.17, 15) is 9.18 Å². The third-order valence-electron chi connectivity index (χ3n) is 4.15. The van der Waals surface area contributed by atoms with Crippen LogP contribution in [0.2, 0.25) is 0 Å². The number of carbonyl (C=O) groups excluding carboxylic acids is 1. The molecule has 0 aromatic heterocycles. The average molecular weight is 292 g/mol. The van der Waals surface area contributed by atoms with Crippen LogP contribution in [0.15, 0.2) is 18.2 Å². The smallest absolute Gasteiger partial charge is 0.254 e. The van der Waals surface area contributed by atoms with Crippen molar-refractivity contribution >= 4 is 5.91 Å². The Kier molecular flexibility index (Phi) is 5.74. The van der Waals surface area contributed by atoms with Crippen LogP contribution in [0, 0.1) is 18.7 Å². The normalized spacial score (nSPS) is 16.0. The Labute approximate surface area is 126 Å². The van der Waals surface area contributed by atoms with Crippen LogP contribution in [0.3, 0.4) is 0 Å². The van der Waals surface area contributed by atoms with Crippen LogP contribution in [-0.4, -0.2) is 37.0 Å². The zero-order valence-corrected chi connectivity index (χ0v) is 13.0. The van der Waals surface area contributed by atoms with Crippen molar-refractivity contribution in [1.29, 1.82) is 0 Å². The molecule has 1 heterocycles. The maximum atomic E-state index is 13.4. The third kappa shape index (κ3) is 4.27. The number of piperidine rings is 1. The van der Waals surface area contributed by atoms with E-state index in [2.05, 4.69) is 12.2 Å². The molecule has 1 fully saturated rings. The van der Waals surface area contributed by atoms with E-state index in [1.165, 1.54) is 12.1 Å². The maximum absolute atomic E-state index is 13.4. The molecule has 0 bridgehead atoms. The number of carbonyl (C=O) groups is 1. The highest BCUT2D eigenvalue weighted by molar-refractivity contribution is 5.95. The van der Waals surface area contributed by atoms with E-state index in [1.807, 2.05) is 11.8 Å². The molecule has 1 aliphatic rings. The van der Waals surface area contributed by atoms with Crippen molar-refractivity contribution in [3.05, 3.63) is 35.1 Å². The second-order valence-electron chi connectivity index (χ2n) is 5.90. The highest BCUT2D eigenvalue weighted by Gasteiger charge is 2.22. The van der Waals surface area contributed by atoms with Crippen molar-refractivity contribution in [1.82, 2.24) is 10.2 Å². The summed E-state index contributed by atoms with van der Waals surface area (Å²) in [5.74, 6) is 0.172. The van der Waals surface area contributed by atoms with Crippen LogP contribution in [0.25, 0.3) is 0 Å². The van der Waals surface area contributed by atoms with E-state index in [4.69, 9.17) is 0 Å². The number of rotatable bonds is 5. The maximum Gasteiger partial charge on any atom is 0.254 e. The lowest BCUT2D eigenvalue weighted by atomic mass is 9.97. The van der Waals surface area contributed by atoms with E-state index in [0.29, 0.717) is 11.5 Å². The van der Waals surface area contributed by atoms with Crippen LogP contribution in [0.4, 0.5) is 4.39 Å². The zero-order chi connectivity index (χ0) is 15.2. The summed E-state index contributed by atoms with van der Waals surface area (Å²) in [5.41, 5.74) is 1.34.